The van der Waals surface area contributed by atoms with Crippen molar-refractivity contribution < 1.29 is 9.53 Å². The summed E-state index contributed by atoms with van der Waals surface area (Å²) < 4.78 is 4.74. The summed E-state index contributed by atoms with van der Waals surface area (Å²) in [6.45, 7) is 2.00. The van der Waals surface area contributed by atoms with Gasteiger partial charge in [-0.3, -0.25) is 4.90 Å². The van der Waals surface area contributed by atoms with Gasteiger partial charge in [-0.05, 0) is 5.56 Å². The molecule has 0 fully saturated rings. The summed E-state index contributed by atoms with van der Waals surface area (Å²) in [6, 6.07) is 10.1. The van der Waals surface area contributed by atoms with Crippen LogP contribution in [0.25, 0.3) is 0 Å². The average molecular weight is 344 g/mol. The Hall–Kier alpha value is -1.56. The second kappa shape index (κ2) is 9.46. The van der Waals surface area contributed by atoms with E-state index >= 15 is 0 Å². The van der Waals surface area contributed by atoms with Gasteiger partial charge in [-0.1, -0.05) is 30.3 Å². The van der Waals surface area contributed by atoms with Crippen molar-refractivity contribution in [2.75, 3.05) is 19.5 Å². The number of esters is 1. The lowest BCUT2D eigenvalue weighted by Gasteiger charge is -2.20. The van der Waals surface area contributed by atoms with Gasteiger partial charge in [0, 0.05) is 25.5 Å². The monoisotopic (exact) mass is 343 g/mol. The molecule has 0 bridgehead atoms. The molecular formula is C15H19Cl2N3O2. The number of alkyl halides is 1. The topological polar surface area (TPSA) is 58.2 Å². The highest BCUT2D eigenvalue weighted by molar-refractivity contribution is 6.18. The molecule has 1 heterocycles. The van der Waals surface area contributed by atoms with Gasteiger partial charge in [0.15, 0.2) is 0 Å². The van der Waals surface area contributed by atoms with E-state index in [4.69, 9.17) is 16.3 Å². The van der Waals surface area contributed by atoms with Crippen LogP contribution >= 0.6 is 24.0 Å². The number of halogens is 2. The first-order chi connectivity index (χ1) is 10.2. The molecule has 1 aromatic carbocycles. The van der Waals surface area contributed by atoms with E-state index in [2.05, 4.69) is 27.0 Å². The zero-order chi connectivity index (χ0) is 15.1. The van der Waals surface area contributed by atoms with Crippen molar-refractivity contribution in [1.82, 2.24) is 14.9 Å². The molecule has 1 N–H and O–H groups in total. The van der Waals surface area contributed by atoms with Gasteiger partial charge in [-0.2, -0.15) is 0 Å². The molecule has 0 atom stereocenters. The lowest BCUT2D eigenvalue weighted by molar-refractivity contribution is 0.0592. The van der Waals surface area contributed by atoms with Gasteiger partial charge < -0.3 is 9.72 Å². The fourth-order valence-electron chi connectivity index (χ4n) is 2.11. The molecule has 0 aliphatic heterocycles. The summed E-state index contributed by atoms with van der Waals surface area (Å²) >= 11 is 5.87. The summed E-state index contributed by atoms with van der Waals surface area (Å²) in [6.07, 6.45) is 1.50. The number of methoxy groups -OCH3 is 1. The summed E-state index contributed by atoms with van der Waals surface area (Å²) in [5.41, 5.74) is 2.26. The molecule has 0 unspecified atom stereocenters. The lowest BCUT2D eigenvalue weighted by Crippen LogP contribution is -2.26. The minimum Gasteiger partial charge on any atom is -0.464 e. The molecule has 2 rings (SSSR count). The smallest absolute Gasteiger partial charge is 0.356 e. The van der Waals surface area contributed by atoms with Gasteiger partial charge in [0.2, 0.25) is 0 Å². The molecule has 2 aromatic rings. The number of ether oxygens (including phenoxy) is 1. The molecule has 1 aromatic heterocycles. The van der Waals surface area contributed by atoms with Gasteiger partial charge in [0.25, 0.3) is 0 Å². The standard InChI is InChI=1S/C15H18ClN3O2.ClH/c1-21-15(20)14-13(17-11-18-14)10-19(8-7-16)9-12-5-3-2-4-6-12;/h2-6,11H,7-10H2,1H3,(H,17,18);1H. The summed E-state index contributed by atoms with van der Waals surface area (Å²) in [7, 11) is 1.35. The predicted octanol–water partition coefficient (Wildman–Crippen LogP) is 2.86. The maximum absolute atomic E-state index is 11.7. The summed E-state index contributed by atoms with van der Waals surface area (Å²) in [5, 5.41) is 0. The van der Waals surface area contributed by atoms with Gasteiger partial charge in [0.05, 0.1) is 19.1 Å². The lowest BCUT2D eigenvalue weighted by atomic mass is 10.2. The number of carbonyl (C=O) groups excluding carboxylic acids is 1. The van der Waals surface area contributed by atoms with Crippen molar-refractivity contribution in [2.24, 2.45) is 0 Å². The fourth-order valence-corrected chi connectivity index (χ4v) is 2.35. The minimum atomic E-state index is -0.409. The molecule has 0 amide bonds. The Balaban J connectivity index is 0.00000242. The first kappa shape index (κ1) is 18.5. The van der Waals surface area contributed by atoms with Crippen LogP contribution in [-0.2, 0) is 17.8 Å². The van der Waals surface area contributed by atoms with E-state index < -0.39 is 5.97 Å². The Bertz CT molecular complexity index is 575. The van der Waals surface area contributed by atoms with Crippen molar-refractivity contribution in [3.8, 4) is 0 Å². The maximum atomic E-state index is 11.7. The first-order valence-electron chi connectivity index (χ1n) is 6.67. The van der Waals surface area contributed by atoms with E-state index in [1.54, 1.807) is 0 Å². The van der Waals surface area contributed by atoms with E-state index in [0.29, 0.717) is 30.4 Å². The Labute approximate surface area is 141 Å². The van der Waals surface area contributed by atoms with Gasteiger partial charge >= 0.3 is 5.97 Å². The molecule has 0 aliphatic rings. The molecule has 7 heteroatoms. The third kappa shape index (κ3) is 5.02. The second-order valence-corrected chi connectivity index (χ2v) is 4.98. The number of hydrogen-bond acceptors (Lipinski definition) is 4. The molecule has 0 saturated carbocycles. The van der Waals surface area contributed by atoms with Crippen molar-refractivity contribution in [3.05, 3.63) is 53.6 Å². The molecule has 0 spiro atoms. The molecular weight excluding hydrogens is 325 g/mol. The number of aromatic amines is 1. The first-order valence-corrected chi connectivity index (χ1v) is 7.21. The Morgan fingerprint density at radius 2 is 2.05 bits per heavy atom. The highest BCUT2D eigenvalue weighted by Gasteiger charge is 2.17. The van der Waals surface area contributed by atoms with E-state index in [-0.39, 0.29) is 12.4 Å². The molecule has 5 nitrogen and oxygen atoms in total. The number of rotatable bonds is 7. The number of imidazole rings is 1. The van der Waals surface area contributed by atoms with Crippen LogP contribution in [-0.4, -0.2) is 40.4 Å². The van der Waals surface area contributed by atoms with Gasteiger partial charge in [0.1, 0.15) is 5.69 Å². The van der Waals surface area contributed by atoms with Crippen molar-refractivity contribution in [3.63, 3.8) is 0 Å². The Morgan fingerprint density at radius 1 is 1.32 bits per heavy atom. The van der Waals surface area contributed by atoms with Gasteiger partial charge in [-0.15, -0.1) is 24.0 Å². The van der Waals surface area contributed by atoms with Crippen LogP contribution in [0.2, 0.25) is 0 Å². The van der Waals surface area contributed by atoms with Crippen LogP contribution in [0.4, 0.5) is 0 Å². The van der Waals surface area contributed by atoms with E-state index in [1.807, 2.05) is 18.2 Å². The largest absolute Gasteiger partial charge is 0.464 e. The molecule has 0 aliphatic carbocycles. The van der Waals surface area contributed by atoms with E-state index in [0.717, 1.165) is 6.54 Å². The highest BCUT2D eigenvalue weighted by atomic mass is 35.5. The van der Waals surface area contributed by atoms with Crippen LogP contribution < -0.4 is 0 Å². The zero-order valence-electron chi connectivity index (χ0n) is 12.3. The summed E-state index contributed by atoms with van der Waals surface area (Å²) in [4.78, 5) is 20.8. The Morgan fingerprint density at radius 3 is 2.68 bits per heavy atom. The molecule has 0 saturated heterocycles. The number of aromatic nitrogens is 2. The quantitative estimate of drug-likeness (QED) is 0.620. The number of nitrogens with one attached hydrogen (secondary N) is 1. The summed E-state index contributed by atoms with van der Waals surface area (Å²) in [5.74, 6) is 0.109. The van der Waals surface area contributed by atoms with Crippen molar-refractivity contribution >= 4 is 30.0 Å². The predicted molar refractivity (Wildman–Crippen MR) is 88.5 cm³/mol. The van der Waals surface area contributed by atoms with Crippen LogP contribution in [0.3, 0.4) is 0 Å². The third-order valence-corrected chi connectivity index (χ3v) is 3.30. The maximum Gasteiger partial charge on any atom is 0.356 e. The molecule has 0 radical (unpaired) electrons. The van der Waals surface area contributed by atoms with Crippen LogP contribution in [0.5, 0.6) is 0 Å². The zero-order valence-corrected chi connectivity index (χ0v) is 13.9. The third-order valence-electron chi connectivity index (χ3n) is 3.13. The van der Waals surface area contributed by atoms with Crippen LogP contribution in [0, 0.1) is 0 Å². The average Bonchev–Trinajstić information content (AvgIpc) is 2.96. The number of nitrogens with zero attached hydrogens (tertiary/aromatic N) is 2. The number of hydrogen-bond donors (Lipinski definition) is 1. The SMILES string of the molecule is COC(=O)c1[nH]cnc1CN(CCCl)Cc1ccccc1.Cl. The number of H-pyrrole nitrogens is 1. The van der Waals surface area contributed by atoms with E-state index in [9.17, 15) is 4.79 Å². The van der Waals surface area contributed by atoms with Crippen molar-refractivity contribution in [1.29, 1.82) is 0 Å². The number of carbonyl (C=O) groups is 1. The van der Waals surface area contributed by atoms with Crippen LogP contribution in [0.1, 0.15) is 21.7 Å². The molecule has 22 heavy (non-hydrogen) atoms. The highest BCUT2D eigenvalue weighted by Crippen LogP contribution is 2.12. The number of benzene rings is 1. The Kier molecular flexibility index (Phi) is 7.95. The van der Waals surface area contributed by atoms with Gasteiger partial charge in [-0.25, -0.2) is 9.78 Å². The second-order valence-electron chi connectivity index (χ2n) is 4.60. The van der Waals surface area contributed by atoms with E-state index in [1.165, 1.54) is 19.0 Å². The molecule has 120 valence electrons. The van der Waals surface area contributed by atoms with Crippen LogP contribution in [0.15, 0.2) is 36.7 Å². The fraction of sp³-hybridized carbons (Fsp3) is 0.333. The normalized spacial score (nSPS) is 10.3. The van der Waals surface area contributed by atoms with Crippen molar-refractivity contribution in [2.45, 2.75) is 13.1 Å². The minimum absolute atomic E-state index is 0.